The molecule has 0 saturated heterocycles. The predicted octanol–water partition coefficient (Wildman–Crippen LogP) is 8.52. The number of aryl methyl sites for hydroxylation is 6. The summed E-state index contributed by atoms with van der Waals surface area (Å²) in [6.45, 7) is 16.3. The van der Waals surface area contributed by atoms with Crippen LogP contribution in [0, 0.1) is 41.5 Å². The fraction of sp³-hybridized carbons (Fsp3) is 0.296. The summed E-state index contributed by atoms with van der Waals surface area (Å²) in [5, 5.41) is 0.833. The molecule has 0 spiro atoms. The van der Waals surface area contributed by atoms with Gasteiger partial charge in [-0.3, -0.25) is 9.98 Å². The highest BCUT2D eigenvalue weighted by molar-refractivity contribution is 6.44. The number of pyridine rings is 1. The number of nitrogens with zero attached hydrogens (tertiary/aromatic N) is 3. The van der Waals surface area contributed by atoms with E-state index in [4.69, 9.17) is 38.2 Å². The van der Waals surface area contributed by atoms with Gasteiger partial charge in [-0.05, 0) is 83.7 Å². The Hall–Kier alpha value is -2.49. The number of aliphatic imine (C=N–C) groups is 2. The average Bonchev–Trinajstić information content (AvgIpc) is 2.69. The van der Waals surface area contributed by atoms with Crippen molar-refractivity contribution in [3.63, 3.8) is 0 Å². The molecule has 0 amide bonds. The zero-order chi connectivity index (χ0) is 23.7. The van der Waals surface area contributed by atoms with Crippen molar-refractivity contribution >= 4 is 46.0 Å². The molecular formula is C27H29Cl2N3. The second-order valence-corrected chi connectivity index (χ2v) is 9.33. The van der Waals surface area contributed by atoms with Crippen molar-refractivity contribution < 1.29 is 0 Å². The third-order valence-corrected chi connectivity index (χ3v) is 6.23. The van der Waals surface area contributed by atoms with Crippen LogP contribution in [0.3, 0.4) is 0 Å². The molecule has 3 aromatic rings. The van der Waals surface area contributed by atoms with E-state index in [1.165, 1.54) is 11.1 Å². The molecule has 3 rings (SSSR count). The highest BCUT2D eigenvalue weighted by Crippen LogP contribution is 2.31. The Bertz CT molecular complexity index is 1220. The molecule has 166 valence electrons. The highest BCUT2D eigenvalue weighted by atomic mass is 35.5. The Kier molecular flexibility index (Phi) is 7.22. The van der Waals surface area contributed by atoms with E-state index in [9.17, 15) is 0 Å². The first-order valence-electron chi connectivity index (χ1n) is 10.6. The summed E-state index contributed by atoms with van der Waals surface area (Å²) in [4.78, 5) is 14.5. The highest BCUT2D eigenvalue weighted by Gasteiger charge is 2.15. The minimum absolute atomic E-state index is 0.398. The van der Waals surface area contributed by atoms with Crippen LogP contribution in [0.15, 0.2) is 40.3 Å². The maximum absolute atomic E-state index is 6.55. The summed E-state index contributed by atoms with van der Waals surface area (Å²) in [7, 11) is 0. The second kappa shape index (κ2) is 9.56. The van der Waals surface area contributed by atoms with Gasteiger partial charge in [-0.1, -0.05) is 58.6 Å². The molecule has 0 unspecified atom stereocenters. The zero-order valence-electron chi connectivity index (χ0n) is 20.0. The summed E-state index contributed by atoms with van der Waals surface area (Å²) >= 11 is 13.0. The van der Waals surface area contributed by atoms with E-state index in [0.29, 0.717) is 27.1 Å². The normalized spacial score (nSPS) is 12.4. The number of halogens is 2. The minimum atomic E-state index is 0.398. The predicted molar refractivity (Wildman–Crippen MR) is 139 cm³/mol. The van der Waals surface area contributed by atoms with Gasteiger partial charge in [-0.15, -0.1) is 0 Å². The quantitative estimate of drug-likeness (QED) is 0.355. The maximum Gasteiger partial charge on any atom is 0.105 e. The Morgan fingerprint density at radius 2 is 1.06 bits per heavy atom. The summed E-state index contributed by atoms with van der Waals surface area (Å²) in [6, 6.07) is 10.3. The van der Waals surface area contributed by atoms with E-state index in [-0.39, 0.29) is 0 Å². The van der Waals surface area contributed by atoms with E-state index in [1.54, 1.807) is 6.07 Å². The molecule has 0 aliphatic rings. The zero-order valence-corrected chi connectivity index (χ0v) is 21.5. The van der Waals surface area contributed by atoms with Gasteiger partial charge in [0.2, 0.25) is 0 Å². The third kappa shape index (κ3) is 5.11. The smallest absolute Gasteiger partial charge is 0.105 e. The molecule has 2 aromatic carbocycles. The molecular weight excluding hydrogens is 437 g/mol. The SMILES string of the molecule is CC(=Nc1c(C)cc(C)cc1C)c1cc(Cl)c(Cl)c(C(C)=Nc2c(C)cc(C)cc2C)n1. The summed E-state index contributed by atoms with van der Waals surface area (Å²) in [6.07, 6.45) is 0. The van der Waals surface area contributed by atoms with Crippen LogP contribution in [-0.2, 0) is 0 Å². The number of benzene rings is 2. The lowest BCUT2D eigenvalue weighted by atomic mass is 10.0. The Balaban J connectivity index is 2.11. The van der Waals surface area contributed by atoms with Crippen LogP contribution < -0.4 is 0 Å². The van der Waals surface area contributed by atoms with Crippen LogP contribution in [0.4, 0.5) is 11.4 Å². The Morgan fingerprint density at radius 1 is 0.656 bits per heavy atom. The van der Waals surface area contributed by atoms with Crippen molar-refractivity contribution in [2.24, 2.45) is 9.98 Å². The molecule has 5 heteroatoms. The Labute approximate surface area is 201 Å². The largest absolute Gasteiger partial charge is 0.251 e. The lowest BCUT2D eigenvalue weighted by Crippen LogP contribution is -2.07. The van der Waals surface area contributed by atoms with Gasteiger partial charge in [0, 0.05) is 0 Å². The van der Waals surface area contributed by atoms with Gasteiger partial charge in [-0.2, -0.15) is 0 Å². The fourth-order valence-electron chi connectivity index (χ4n) is 4.07. The number of aromatic nitrogens is 1. The molecule has 0 atom stereocenters. The molecule has 0 radical (unpaired) electrons. The van der Waals surface area contributed by atoms with Gasteiger partial charge in [0.25, 0.3) is 0 Å². The number of hydrogen-bond donors (Lipinski definition) is 0. The van der Waals surface area contributed by atoms with Crippen molar-refractivity contribution in [3.05, 3.63) is 85.1 Å². The molecule has 32 heavy (non-hydrogen) atoms. The first kappa shape index (κ1) is 24.2. The number of rotatable bonds is 4. The van der Waals surface area contributed by atoms with E-state index < -0.39 is 0 Å². The van der Waals surface area contributed by atoms with Crippen molar-refractivity contribution in [3.8, 4) is 0 Å². The molecule has 3 nitrogen and oxygen atoms in total. The lowest BCUT2D eigenvalue weighted by Gasteiger charge is -2.12. The van der Waals surface area contributed by atoms with Gasteiger partial charge in [-0.25, -0.2) is 4.98 Å². The van der Waals surface area contributed by atoms with Crippen molar-refractivity contribution in [1.29, 1.82) is 0 Å². The molecule has 0 aliphatic heterocycles. The Morgan fingerprint density at radius 3 is 1.50 bits per heavy atom. The monoisotopic (exact) mass is 465 g/mol. The third-order valence-electron chi connectivity index (χ3n) is 5.46. The van der Waals surface area contributed by atoms with Crippen LogP contribution in [-0.4, -0.2) is 16.4 Å². The molecule has 0 bridgehead atoms. The van der Waals surface area contributed by atoms with Crippen LogP contribution in [0.1, 0.15) is 58.6 Å². The number of hydrogen-bond acceptors (Lipinski definition) is 3. The molecule has 0 fully saturated rings. The van der Waals surface area contributed by atoms with E-state index in [1.807, 2.05) is 13.8 Å². The van der Waals surface area contributed by atoms with Crippen LogP contribution in [0.2, 0.25) is 10.0 Å². The van der Waals surface area contributed by atoms with Gasteiger partial charge >= 0.3 is 0 Å². The molecule has 0 N–H and O–H groups in total. The van der Waals surface area contributed by atoms with Crippen molar-refractivity contribution in [2.75, 3.05) is 0 Å². The maximum atomic E-state index is 6.55. The summed E-state index contributed by atoms with van der Waals surface area (Å²) < 4.78 is 0. The average molecular weight is 466 g/mol. The van der Waals surface area contributed by atoms with Gasteiger partial charge in [0.15, 0.2) is 0 Å². The summed E-state index contributed by atoms with van der Waals surface area (Å²) in [5.74, 6) is 0. The van der Waals surface area contributed by atoms with E-state index >= 15 is 0 Å². The minimum Gasteiger partial charge on any atom is -0.251 e. The molecule has 1 aromatic heterocycles. The molecule has 0 saturated carbocycles. The first-order valence-corrected chi connectivity index (χ1v) is 11.4. The van der Waals surface area contributed by atoms with Crippen LogP contribution in [0.5, 0.6) is 0 Å². The fourth-order valence-corrected chi connectivity index (χ4v) is 4.49. The van der Waals surface area contributed by atoms with Gasteiger partial charge in [0.1, 0.15) is 5.69 Å². The van der Waals surface area contributed by atoms with Gasteiger partial charge in [0.05, 0.1) is 38.5 Å². The van der Waals surface area contributed by atoms with Crippen LogP contribution in [0.25, 0.3) is 0 Å². The standard InChI is InChI=1S/C27H29Cl2N3/c1-14-9-16(3)25(17(4)10-14)30-20(7)23-13-22(28)24(29)27(32-23)21(8)31-26-18(5)11-15(2)12-19(26)6/h9-13H,1-8H3. The lowest BCUT2D eigenvalue weighted by molar-refractivity contribution is 1.22. The van der Waals surface area contributed by atoms with E-state index in [2.05, 4.69) is 65.8 Å². The first-order chi connectivity index (χ1) is 15.0. The van der Waals surface area contributed by atoms with Gasteiger partial charge < -0.3 is 0 Å². The molecule has 1 heterocycles. The molecule has 0 aliphatic carbocycles. The van der Waals surface area contributed by atoms with Crippen molar-refractivity contribution in [1.82, 2.24) is 4.98 Å². The van der Waals surface area contributed by atoms with E-state index in [0.717, 1.165) is 39.3 Å². The summed E-state index contributed by atoms with van der Waals surface area (Å²) in [5.41, 5.74) is 11.6. The second-order valence-electron chi connectivity index (χ2n) is 8.54. The topological polar surface area (TPSA) is 37.6 Å². The van der Waals surface area contributed by atoms with Crippen LogP contribution >= 0.6 is 23.2 Å². The van der Waals surface area contributed by atoms with Crippen molar-refractivity contribution in [2.45, 2.75) is 55.4 Å².